The van der Waals surface area contributed by atoms with Gasteiger partial charge < -0.3 is 25.4 Å². The van der Waals surface area contributed by atoms with Gasteiger partial charge >= 0.3 is 0 Å². The minimum atomic E-state index is -1.09. The van der Waals surface area contributed by atoms with Crippen molar-refractivity contribution in [1.82, 2.24) is 0 Å². The van der Waals surface area contributed by atoms with Gasteiger partial charge in [-0.05, 0) is 55.9 Å². The van der Waals surface area contributed by atoms with Crippen LogP contribution in [0.4, 0.5) is 5.69 Å². The molecule has 7 heteroatoms. The molecule has 0 aromatic heterocycles. The van der Waals surface area contributed by atoms with Crippen LogP contribution in [-0.4, -0.2) is 46.2 Å². The number of aliphatic hydroxyl groups is 2. The number of nitrogen functional groups attached to an aromatic ring is 1. The van der Waals surface area contributed by atoms with Gasteiger partial charge in [0.2, 0.25) is 0 Å². The predicted molar refractivity (Wildman–Crippen MR) is 128 cm³/mol. The number of carbonyl (C=O) groups excluding carboxylic acids is 2. The molecule has 1 unspecified atom stereocenters. The third-order valence-electron chi connectivity index (χ3n) is 10.0. The standard InChI is InChI=1S/C28H33NO6/c1-25-15-28(33)24-26(28,2)12-10-18(31)5-3-4-11-27(24)20(25)13-21(27)34-23(35-22(25)19(32)14-30)16-6-8-17(29)9-7-16/h3,5-10,12,20-24,30,33H,4,11,13-15,29H2,1-2H3/t20-,21+,22+,23-,24+,25-,26+,27+,28?/m0/s1. The van der Waals surface area contributed by atoms with E-state index in [2.05, 4.69) is 0 Å². The highest BCUT2D eigenvalue weighted by molar-refractivity contribution is 5.99. The average molecular weight is 480 g/mol. The van der Waals surface area contributed by atoms with Crippen molar-refractivity contribution in [3.05, 3.63) is 54.1 Å². The number of ketones is 2. The Kier molecular flexibility index (Phi) is 4.85. The largest absolute Gasteiger partial charge is 0.399 e. The third kappa shape index (κ3) is 2.87. The number of benzene rings is 1. The Bertz CT molecular complexity index is 1140. The molecule has 4 aliphatic carbocycles. The Balaban J connectivity index is 1.51. The number of allylic oxidation sites excluding steroid dienone is 3. The maximum atomic E-state index is 13.2. The van der Waals surface area contributed by atoms with Crippen LogP contribution in [0, 0.1) is 28.1 Å². The topological polar surface area (TPSA) is 119 Å². The van der Waals surface area contributed by atoms with Crippen LogP contribution in [0.3, 0.4) is 0 Å². The fraction of sp³-hybridized carbons (Fsp3) is 0.571. The van der Waals surface area contributed by atoms with Gasteiger partial charge in [0.1, 0.15) is 12.7 Å². The lowest BCUT2D eigenvalue weighted by Crippen LogP contribution is -2.70. The molecule has 7 rings (SSSR count). The average Bonchev–Trinajstić information content (AvgIpc) is 3.29. The number of Topliss-reactive ketones (excluding diaryl/α,β-unsaturated/α-hetero) is 1. The van der Waals surface area contributed by atoms with Gasteiger partial charge in [0.15, 0.2) is 17.9 Å². The summed E-state index contributed by atoms with van der Waals surface area (Å²) in [5.74, 6) is -0.503. The Morgan fingerprint density at radius 3 is 2.63 bits per heavy atom. The summed E-state index contributed by atoms with van der Waals surface area (Å²) >= 11 is 0. The van der Waals surface area contributed by atoms with Crippen LogP contribution in [0.1, 0.15) is 51.4 Å². The number of aliphatic hydroxyl groups excluding tert-OH is 1. The van der Waals surface area contributed by atoms with Crippen molar-refractivity contribution in [2.24, 2.45) is 28.1 Å². The molecule has 7 nitrogen and oxygen atoms in total. The molecular weight excluding hydrogens is 446 g/mol. The maximum absolute atomic E-state index is 13.2. The molecule has 2 heterocycles. The first kappa shape index (κ1) is 23.1. The van der Waals surface area contributed by atoms with Crippen molar-refractivity contribution in [2.45, 2.75) is 63.6 Å². The summed E-state index contributed by atoms with van der Waals surface area (Å²) in [6.07, 6.45) is 7.57. The minimum absolute atomic E-state index is 0.0805. The highest BCUT2D eigenvalue weighted by Gasteiger charge is 2.88. The molecule has 0 amide bonds. The zero-order valence-electron chi connectivity index (χ0n) is 20.1. The molecule has 5 fully saturated rings. The van der Waals surface area contributed by atoms with E-state index in [4.69, 9.17) is 15.2 Å². The highest BCUT2D eigenvalue weighted by atomic mass is 16.7. The predicted octanol–water partition coefficient (Wildman–Crippen LogP) is 2.87. The Morgan fingerprint density at radius 2 is 1.91 bits per heavy atom. The van der Waals surface area contributed by atoms with E-state index in [0.29, 0.717) is 18.5 Å². The van der Waals surface area contributed by atoms with Gasteiger partial charge in [-0.2, -0.15) is 0 Å². The number of hydrogen-bond donors (Lipinski definition) is 3. The van der Waals surface area contributed by atoms with E-state index >= 15 is 0 Å². The molecular formula is C28H33NO6. The lowest BCUT2D eigenvalue weighted by atomic mass is 9.40. The summed E-state index contributed by atoms with van der Waals surface area (Å²) in [4.78, 5) is 25.5. The number of ether oxygens (including phenoxy) is 2. The van der Waals surface area contributed by atoms with E-state index in [-0.39, 0.29) is 29.1 Å². The quantitative estimate of drug-likeness (QED) is 0.571. The van der Waals surface area contributed by atoms with Crippen LogP contribution < -0.4 is 5.73 Å². The van der Waals surface area contributed by atoms with E-state index < -0.39 is 41.2 Å². The van der Waals surface area contributed by atoms with E-state index in [1.54, 1.807) is 24.3 Å². The van der Waals surface area contributed by atoms with Crippen molar-refractivity contribution in [3.63, 3.8) is 0 Å². The van der Waals surface area contributed by atoms with Gasteiger partial charge in [-0.15, -0.1) is 0 Å². The molecule has 186 valence electrons. The molecule has 3 saturated carbocycles. The van der Waals surface area contributed by atoms with Crippen molar-refractivity contribution in [1.29, 1.82) is 0 Å². The van der Waals surface area contributed by atoms with Crippen LogP contribution in [0.25, 0.3) is 0 Å². The molecule has 35 heavy (non-hydrogen) atoms. The van der Waals surface area contributed by atoms with Gasteiger partial charge in [0.05, 0.1) is 11.7 Å². The monoisotopic (exact) mass is 479 g/mol. The summed E-state index contributed by atoms with van der Waals surface area (Å²) in [5.41, 5.74) is 4.49. The molecule has 2 aliphatic heterocycles. The van der Waals surface area contributed by atoms with Crippen molar-refractivity contribution in [3.8, 4) is 0 Å². The van der Waals surface area contributed by atoms with Crippen molar-refractivity contribution < 1.29 is 29.3 Å². The van der Waals surface area contributed by atoms with Crippen LogP contribution in [0.2, 0.25) is 0 Å². The van der Waals surface area contributed by atoms with E-state index in [9.17, 15) is 19.8 Å². The Labute approximate surface area is 205 Å². The lowest BCUT2D eigenvalue weighted by Gasteiger charge is -2.68. The van der Waals surface area contributed by atoms with Crippen LogP contribution >= 0.6 is 0 Å². The molecule has 0 radical (unpaired) electrons. The highest BCUT2D eigenvalue weighted by Crippen LogP contribution is 2.85. The molecule has 4 N–H and O–H groups in total. The maximum Gasteiger partial charge on any atom is 0.187 e. The van der Waals surface area contributed by atoms with Gasteiger partial charge in [-0.1, -0.05) is 38.1 Å². The molecule has 9 atom stereocenters. The fourth-order valence-corrected chi connectivity index (χ4v) is 8.50. The summed E-state index contributed by atoms with van der Waals surface area (Å²) in [6.45, 7) is 3.41. The summed E-state index contributed by atoms with van der Waals surface area (Å²) < 4.78 is 13.1. The summed E-state index contributed by atoms with van der Waals surface area (Å²) in [5, 5.41) is 22.0. The first-order valence-electron chi connectivity index (χ1n) is 12.5. The normalized spacial score (nSPS) is 47.7. The fourth-order valence-electron chi connectivity index (χ4n) is 8.50. The number of nitrogens with two attached hydrogens (primary N) is 1. The first-order chi connectivity index (χ1) is 16.6. The van der Waals surface area contributed by atoms with Gasteiger partial charge in [-0.3, -0.25) is 9.59 Å². The minimum Gasteiger partial charge on any atom is -0.399 e. The third-order valence-corrected chi connectivity index (χ3v) is 10.0. The van der Waals surface area contributed by atoms with Gasteiger partial charge in [0.25, 0.3) is 0 Å². The second-order valence-corrected chi connectivity index (χ2v) is 11.7. The van der Waals surface area contributed by atoms with Gasteiger partial charge in [-0.25, -0.2) is 0 Å². The zero-order valence-corrected chi connectivity index (χ0v) is 20.1. The number of fused-ring (bicyclic) bond motifs is 4. The summed E-state index contributed by atoms with van der Waals surface area (Å²) in [6, 6.07) is 7.24. The molecule has 1 aromatic rings. The second kappa shape index (κ2) is 7.35. The second-order valence-electron chi connectivity index (χ2n) is 11.7. The Hall–Kier alpha value is -2.32. The molecule has 1 spiro atoms. The van der Waals surface area contributed by atoms with Crippen LogP contribution in [-0.2, 0) is 19.1 Å². The van der Waals surface area contributed by atoms with Crippen LogP contribution in [0.5, 0.6) is 0 Å². The summed E-state index contributed by atoms with van der Waals surface area (Å²) in [7, 11) is 0. The first-order valence-corrected chi connectivity index (χ1v) is 12.5. The van der Waals surface area contributed by atoms with E-state index in [1.807, 2.05) is 38.1 Å². The van der Waals surface area contributed by atoms with E-state index in [0.717, 1.165) is 18.4 Å². The number of hydrogen-bond acceptors (Lipinski definition) is 7. The smallest absolute Gasteiger partial charge is 0.187 e. The van der Waals surface area contributed by atoms with Gasteiger partial charge in [0, 0.05) is 33.4 Å². The van der Waals surface area contributed by atoms with Crippen molar-refractivity contribution in [2.75, 3.05) is 12.3 Å². The molecule has 2 saturated heterocycles. The number of rotatable bonds is 3. The SMILES string of the molecule is C[C@]12CC3(O)[C@H]4[C@@]5(CCC=CC(=O)C=C[C@]43C)[C@@H](C[C@@H]15)O[C@H](c1ccc(N)cc1)O[C@@H]2C(=O)CO. The number of carbonyl (C=O) groups is 2. The Morgan fingerprint density at radius 1 is 1.17 bits per heavy atom. The molecule has 4 bridgehead atoms. The lowest BCUT2D eigenvalue weighted by molar-refractivity contribution is -0.350. The van der Waals surface area contributed by atoms with Crippen molar-refractivity contribution >= 4 is 17.3 Å². The zero-order chi connectivity index (χ0) is 24.8. The van der Waals surface area contributed by atoms with Crippen LogP contribution in [0.15, 0.2) is 48.6 Å². The molecule has 1 aromatic carbocycles. The van der Waals surface area contributed by atoms with E-state index in [1.165, 1.54) is 0 Å². The molecule has 6 aliphatic rings. The number of anilines is 1.